The van der Waals surface area contributed by atoms with E-state index in [1.807, 2.05) is 22.6 Å². The predicted octanol–water partition coefficient (Wildman–Crippen LogP) is 2.50. The van der Waals surface area contributed by atoms with Gasteiger partial charge in [-0.15, -0.1) is 0 Å². The van der Waals surface area contributed by atoms with Crippen molar-refractivity contribution in [1.82, 2.24) is 10.2 Å². The Hall–Kier alpha value is 0.0100. The number of benzene rings is 1. The molecular formula is C12H12BrF2IN2O. The molecule has 1 atom stereocenters. The summed E-state index contributed by atoms with van der Waals surface area (Å²) in [4.78, 5) is 2.15. The van der Waals surface area contributed by atoms with Gasteiger partial charge in [0.25, 0.3) is 0 Å². The van der Waals surface area contributed by atoms with Gasteiger partial charge in [-0.25, -0.2) is 8.78 Å². The van der Waals surface area contributed by atoms with Gasteiger partial charge in [0.05, 0.1) is 14.1 Å². The molecule has 0 spiro atoms. The first-order valence-corrected chi connectivity index (χ1v) is 7.89. The molecule has 2 aliphatic heterocycles. The molecular weight excluding hydrogens is 433 g/mol. The topological polar surface area (TPSA) is 24.5 Å². The largest absolute Gasteiger partial charge is 0.488 e. The third-order valence-corrected chi connectivity index (χ3v) is 6.07. The van der Waals surface area contributed by atoms with Crippen molar-refractivity contribution in [2.75, 3.05) is 26.2 Å². The summed E-state index contributed by atoms with van der Waals surface area (Å²) >= 11 is 4.90. The molecule has 1 aromatic carbocycles. The van der Waals surface area contributed by atoms with Crippen molar-refractivity contribution in [3.8, 4) is 5.75 Å². The van der Waals surface area contributed by atoms with Crippen molar-refractivity contribution in [2.24, 2.45) is 0 Å². The number of hydrogen-bond donors (Lipinski definition) is 1. The van der Waals surface area contributed by atoms with E-state index in [-0.39, 0.29) is 25.7 Å². The van der Waals surface area contributed by atoms with Crippen molar-refractivity contribution in [1.29, 1.82) is 0 Å². The van der Waals surface area contributed by atoms with Crippen LogP contribution >= 0.6 is 38.5 Å². The van der Waals surface area contributed by atoms with Gasteiger partial charge in [0.2, 0.25) is 0 Å². The van der Waals surface area contributed by atoms with Gasteiger partial charge in [0.1, 0.15) is 12.4 Å². The van der Waals surface area contributed by atoms with E-state index in [1.54, 1.807) is 0 Å². The minimum absolute atomic E-state index is 0.0548. The number of hydrogen-bond acceptors (Lipinski definition) is 3. The van der Waals surface area contributed by atoms with Crippen molar-refractivity contribution in [3.63, 3.8) is 0 Å². The van der Waals surface area contributed by atoms with Gasteiger partial charge in [-0.1, -0.05) is 0 Å². The van der Waals surface area contributed by atoms with E-state index in [4.69, 9.17) is 4.74 Å². The Bertz CT molecular complexity index is 529. The summed E-state index contributed by atoms with van der Waals surface area (Å²) in [5.41, 5.74) is 0.328. The molecule has 0 bridgehead atoms. The molecule has 19 heavy (non-hydrogen) atoms. The second-order valence-corrected chi connectivity index (χ2v) is 6.57. The van der Waals surface area contributed by atoms with E-state index in [9.17, 15) is 8.78 Å². The van der Waals surface area contributed by atoms with Crippen LogP contribution in [-0.2, 0) is 6.54 Å². The van der Waals surface area contributed by atoms with E-state index in [1.165, 1.54) is 0 Å². The number of ether oxygens (including phenoxy) is 1. The summed E-state index contributed by atoms with van der Waals surface area (Å²) in [7, 11) is 0. The first-order valence-electron chi connectivity index (χ1n) is 6.02. The zero-order chi connectivity index (χ0) is 13.6. The SMILES string of the molecule is Fc1c(I)c(Br)c(F)c2c1CN1CCNC[C@@H]1CO2. The highest BCUT2D eigenvalue weighted by Crippen LogP contribution is 2.38. The Kier molecular flexibility index (Phi) is 3.98. The maximum Gasteiger partial charge on any atom is 0.180 e. The molecule has 1 N–H and O–H groups in total. The van der Waals surface area contributed by atoms with Crippen LogP contribution < -0.4 is 10.1 Å². The average Bonchev–Trinajstić information content (AvgIpc) is 2.62. The van der Waals surface area contributed by atoms with Crippen molar-refractivity contribution in [3.05, 3.63) is 25.2 Å². The van der Waals surface area contributed by atoms with Crippen molar-refractivity contribution in [2.45, 2.75) is 12.6 Å². The Morgan fingerprint density at radius 3 is 2.95 bits per heavy atom. The maximum atomic E-state index is 14.3. The molecule has 0 aliphatic carbocycles. The third kappa shape index (κ3) is 2.38. The summed E-state index contributed by atoms with van der Waals surface area (Å²) in [6.07, 6.45) is 0. The zero-order valence-electron chi connectivity index (χ0n) is 9.98. The molecule has 0 unspecified atom stereocenters. The van der Waals surface area contributed by atoms with Crippen LogP contribution in [0.15, 0.2) is 4.47 Å². The monoisotopic (exact) mass is 444 g/mol. The molecule has 2 heterocycles. The lowest BCUT2D eigenvalue weighted by Gasteiger charge is -2.33. The minimum atomic E-state index is -0.506. The van der Waals surface area contributed by atoms with Gasteiger partial charge in [0, 0.05) is 31.7 Å². The molecule has 0 saturated carbocycles. The Balaban J connectivity index is 2.07. The van der Waals surface area contributed by atoms with Gasteiger partial charge in [0.15, 0.2) is 11.6 Å². The number of halogens is 4. The molecule has 104 valence electrons. The molecule has 0 amide bonds. The lowest BCUT2D eigenvalue weighted by molar-refractivity contribution is 0.118. The molecule has 3 nitrogen and oxygen atoms in total. The first-order chi connectivity index (χ1) is 9.09. The summed E-state index contributed by atoms with van der Waals surface area (Å²) < 4.78 is 34.5. The fraction of sp³-hybridized carbons (Fsp3) is 0.500. The minimum Gasteiger partial charge on any atom is -0.488 e. The van der Waals surface area contributed by atoms with E-state index in [2.05, 4.69) is 26.1 Å². The third-order valence-electron chi connectivity index (χ3n) is 3.57. The number of fused-ring (bicyclic) bond motifs is 2. The highest BCUT2D eigenvalue weighted by Gasteiger charge is 2.32. The van der Waals surface area contributed by atoms with Crippen LogP contribution in [0.25, 0.3) is 0 Å². The number of nitrogens with zero attached hydrogens (tertiary/aromatic N) is 1. The van der Waals surface area contributed by atoms with Crippen LogP contribution in [0.4, 0.5) is 8.78 Å². The highest BCUT2D eigenvalue weighted by molar-refractivity contribution is 14.1. The van der Waals surface area contributed by atoms with Gasteiger partial charge in [-0.2, -0.15) is 0 Å². The Morgan fingerprint density at radius 1 is 1.37 bits per heavy atom. The van der Waals surface area contributed by atoms with Gasteiger partial charge in [-0.3, -0.25) is 4.90 Å². The standard InChI is InChI=1S/C12H12BrF2IN2O/c13-8-10(15)12-7(9(14)11(8)16)4-18-2-1-17-3-6(18)5-19-12/h6,17H,1-5H2/t6-/m1/s1. The molecule has 0 radical (unpaired) electrons. The number of piperazine rings is 1. The van der Waals surface area contributed by atoms with E-state index < -0.39 is 5.82 Å². The quantitative estimate of drug-likeness (QED) is 0.378. The summed E-state index contributed by atoms with van der Waals surface area (Å²) in [6, 6.07) is 0.163. The second kappa shape index (κ2) is 5.42. The molecule has 1 fully saturated rings. The van der Waals surface area contributed by atoms with E-state index >= 15 is 0 Å². The first kappa shape index (κ1) is 14.0. The molecule has 0 aromatic heterocycles. The molecule has 1 aromatic rings. The zero-order valence-corrected chi connectivity index (χ0v) is 13.7. The summed E-state index contributed by atoms with van der Waals surface area (Å²) in [5.74, 6) is -0.837. The lowest BCUT2D eigenvalue weighted by atomic mass is 10.1. The number of nitrogens with one attached hydrogen (secondary N) is 1. The second-order valence-electron chi connectivity index (χ2n) is 4.70. The van der Waals surface area contributed by atoms with Gasteiger partial charge in [-0.05, 0) is 38.5 Å². The van der Waals surface area contributed by atoms with Crippen LogP contribution in [0, 0.1) is 15.2 Å². The maximum absolute atomic E-state index is 14.3. The fourth-order valence-electron chi connectivity index (χ4n) is 2.51. The van der Waals surface area contributed by atoms with E-state index in [0.717, 1.165) is 19.6 Å². The normalized spacial score (nSPS) is 23.3. The molecule has 1 saturated heterocycles. The molecule has 3 rings (SSSR count). The van der Waals surface area contributed by atoms with Crippen LogP contribution in [0.1, 0.15) is 5.56 Å². The van der Waals surface area contributed by atoms with Crippen molar-refractivity contribution < 1.29 is 13.5 Å². The van der Waals surface area contributed by atoms with Gasteiger partial charge >= 0.3 is 0 Å². The molecule has 2 aliphatic rings. The smallest absolute Gasteiger partial charge is 0.180 e. The molecule has 7 heteroatoms. The van der Waals surface area contributed by atoms with Gasteiger partial charge < -0.3 is 10.1 Å². The van der Waals surface area contributed by atoms with E-state index in [0.29, 0.717) is 18.7 Å². The lowest BCUT2D eigenvalue weighted by Crippen LogP contribution is -2.52. The highest BCUT2D eigenvalue weighted by atomic mass is 127. The predicted molar refractivity (Wildman–Crippen MR) is 79.3 cm³/mol. The summed E-state index contributed by atoms with van der Waals surface area (Å²) in [6.45, 7) is 3.25. The van der Waals surface area contributed by atoms with Crippen LogP contribution in [0.3, 0.4) is 0 Å². The Labute approximate surface area is 131 Å². The number of rotatable bonds is 0. The Morgan fingerprint density at radius 2 is 2.16 bits per heavy atom. The van der Waals surface area contributed by atoms with Crippen molar-refractivity contribution >= 4 is 38.5 Å². The fourth-order valence-corrected chi connectivity index (χ4v) is 3.42. The summed E-state index contributed by atoms with van der Waals surface area (Å²) in [5, 5.41) is 3.27. The average molecular weight is 445 g/mol. The van der Waals surface area contributed by atoms with Crippen LogP contribution in [-0.4, -0.2) is 37.2 Å². The van der Waals surface area contributed by atoms with Crippen LogP contribution in [0.2, 0.25) is 0 Å². The van der Waals surface area contributed by atoms with Crippen LogP contribution in [0.5, 0.6) is 5.75 Å².